The van der Waals surface area contributed by atoms with Gasteiger partial charge in [-0.15, -0.1) is 0 Å². The van der Waals surface area contributed by atoms with Gasteiger partial charge in [-0.2, -0.15) is 10.5 Å². The Morgan fingerprint density at radius 1 is 0.917 bits per heavy atom. The van der Waals surface area contributed by atoms with E-state index < -0.39 is 0 Å². The summed E-state index contributed by atoms with van der Waals surface area (Å²) in [5.41, 5.74) is 7.06. The minimum Gasteiger partial charge on any atom is -0.483 e. The molecule has 1 aromatic heterocycles. The van der Waals surface area contributed by atoms with Gasteiger partial charge in [0.2, 0.25) is 0 Å². The topological polar surface area (TPSA) is 97.0 Å². The van der Waals surface area contributed by atoms with Gasteiger partial charge >= 0.3 is 0 Å². The van der Waals surface area contributed by atoms with Crippen molar-refractivity contribution < 1.29 is 4.74 Å². The van der Waals surface area contributed by atoms with E-state index in [0.29, 0.717) is 11.1 Å². The number of anilines is 2. The third-order valence-corrected chi connectivity index (χ3v) is 6.35. The van der Waals surface area contributed by atoms with Crippen LogP contribution in [0, 0.1) is 36.5 Å². The van der Waals surface area contributed by atoms with Crippen molar-refractivity contribution in [3.63, 3.8) is 0 Å². The highest BCUT2D eigenvalue weighted by Gasteiger charge is 2.32. The molecule has 3 aromatic carbocycles. The number of H-pyrrole nitrogens is 1. The SMILES string of the molecule is Cc1cc(C#N)cc(C)c1OC1c2cc(Nc3ccc(C#N)cc3)[nH]c2C=NC1Cc1ccccc1. The number of hydrogen-bond acceptors (Lipinski definition) is 5. The first-order chi connectivity index (χ1) is 17.5. The highest BCUT2D eigenvalue weighted by Crippen LogP contribution is 2.37. The van der Waals surface area contributed by atoms with Crippen LogP contribution in [0.15, 0.2) is 77.8 Å². The quantitative estimate of drug-likeness (QED) is 0.346. The van der Waals surface area contributed by atoms with Gasteiger partial charge in [-0.1, -0.05) is 30.3 Å². The molecule has 0 amide bonds. The minimum absolute atomic E-state index is 0.118. The van der Waals surface area contributed by atoms with E-state index in [-0.39, 0.29) is 12.1 Å². The average molecular weight is 472 g/mol. The molecule has 0 saturated carbocycles. The first kappa shape index (κ1) is 23.0. The van der Waals surface area contributed by atoms with Gasteiger partial charge in [0.25, 0.3) is 0 Å². The molecule has 0 spiro atoms. The molecule has 36 heavy (non-hydrogen) atoms. The number of aliphatic imine (C=N–C) groups is 1. The number of nitrogens with one attached hydrogen (secondary N) is 2. The summed E-state index contributed by atoms with van der Waals surface area (Å²) < 4.78 is 6.71. The van der Waals surface area contributed by atoms with Crippen LogP contribution in [0.4, 0.5) is 11.5 Å². The third-order valence-electron chi connectivity index (χ3n) is 6.35. The van der Waals surface area contributed by atoms with Crippen LogP contribution in [0.25, 0.3) is 0 Å². The standard InChI is InChI=1S/C30H25N5O/c1-19-12-23(17-32)13-20(2)29(19)36-30-25-15-28(34-24-10-8-22(16-31)9-11-24)35-27(25)18-33-26(30)14-21-6-4-3-5-7-21/h3-13,15,18,26,30,34-35H,14H2,1-2H3. The van der Waals surface area contributed by atoms with Crippen LogP contribution in [-0.4, -0.2) is 17.2 Å². The number of aromatic amines is 1. The Balaban J connectivity index is 1.49. The first-order valence-corrected chi connectivity index (χ1v) is 11.8. The Kier molecular flexibility index (Phi) is 6.26. The molecule has 0 aliphatic carbocycles. The molecule has 6 nitrogen and oxygen atoms in total. The lowest BCUT2D eigenvalue weighted by molar-refractivity contribution is 0.169. The smallest absolute Gasteiger partial charge is 0.148 e. The van der Waals surface area contributed by atoms with Crippen LogP contribution in [0.3, 0.4) is 0 Å². The van der Waals surface area contributed by atoms with E-state index in [1.54, 1.807) is 12.1 Å². The van der Waals surface area contributed by atoms with Crippen molar-refractivity contribution in [1.82, 2.24) is 4.98 Å². The number of rotatable bonds is 6. The molecule has 2 atom stereocenters. The lowest BCUT2D eigenvalue weighted by Gasteiger charge is -2.29. The summed E-state index contributed by atoms with van der Waals surface area (Å²) >= 11 is 0. The van der Waals surface area contributed by atoms with Crippen LogP contribution in [0.2, 0.25) is 0 Å². The van der Waals surface area contributed by atoms with Crippen LogP contribution < -0.4 is 10.1 Å². The Labute approximate surface area is 210 Å². The predicted molar refractivity (Wildman–Crippen MR) is 141 cm³/mol. The minimum atomic E-state index is -0.316. The first-order valence-electron chi connectivity index (χ1n) is 11.8. The van der Waals surface area contributed by atoms with Crippen LogP contribution in [0.5, 0.6) is 5.75 Å². The second-order valence-corrected chi connectivity index (χ2v) is 8.99. The van der Waals surface area contributed by atoms with Crippen molar-refractivity contribution in [2.75, 3.05) is 5.32 Å². The summed E-state index contributed by atoms with van der Waals surface area (Å²) in [5.74, 6) is 1.60. The lowest BCUT2D eigenvalue weighted by Crippen LogP contribution is -2.28. The van der Waals surface area contributed by atoms with Gasteiger partial charge in [0, 0.05) is 17.5 Å². The van der Waals surface area contributed by atoms with Crippen molar-refractivity contribution in [1.29, 1.82) is 10.5 Å². The zero-order valence-corrected chi connectivity index (χ0v) is 20.1. The molecule has 5 rings (SSSR count). The Bertz CT molecular complexity index is 1480. The van der Waals surface area contributed by atoms with Crippen molar-refractivity contribution in [3.05, 3.63) is 112 Å². The van der Waals surface area contributed by atoms with Gasteiger partial charge in [0.15, 0.2) is 0 Å². The number of ether oxygens (including phenoxy) is 1. The number of benzene rings is 3. The summed E-state index contributed by atoms with van der Waals surface area (Å²) in [6.45, 7) is 3.94. The molecule has 2 N–H and O–H groups in total. The fraction of sp³-hybridized carbons (Fsp3) is 0.167. The molecule has 2 unspecified atom stereocenters. The zero-order chi connectivity index (χ0) is 25.1. The van der Waals surface area contributed by atoms with Crippen molar-refractivity contribution >= 4 is 17.7 Å². The molecule has 176 valence electrons. The van der Waals surface area contributed by atoms with E-state index in [4.69, 9.17) is 15.0 Å². The van der Waals surface area contributed by atoms with E-state index in [9.17, 15) is 5.26 Å². The molecule has 0 saturated heterocycles. The number of nitrogens with zero attached hydrogens (tertiary/aromatic N) is 3. The van der Waals surface area contributed by atoms with Gasteiger partial charge < -0.3 is 15.0 Å². The fourth-order valence-electron chi connectivity index (χ4n) is 4.62. The van der Waals surface area contributed by atoms with Gasteiger partial charge in [0.05, 0.1) is 35.0 Å². The summed E-state index contributed by atoms with van der Waals surface area (Å²) in [4.78, 5) is 8.29. The van der Waals surface area contributed by atoms with E-state index in [1.807, 2.05) is 62.5 Å². The summed E-state index contributed by atoms with van der Waals surface area (Å²) in [6, 6.07) is 27.6. The van der Waals surface area contributed by atoms with Gasteiger partial charge in [-0.25, -0.2) is 0 Å². The third kappa shape index (κ3) is 4.71. The molecule has 2 heterocycles. The summed E-state index contributed by atoms with van der Waals surface area (Å²) in [5, 5.41) is 21.8. The summed E-state index contributed by atoms with van der Waals surface area (Å²) in [7, 11) is 0. The molecule has 0 radical (unpaired) electrons. The molecule has 4 aromatic rings. The normalized spacial score (nSPS) is 16.0. The number of nitriles is 2. The molecule has 1 aliphatic heterocycles. The van der Waals surface area contributed by atoms with Crippen molar-refractivity contribution in [2.24, 2.45) is 4.99 Å². The lowest BCUT2D eigenvalue weighted by atomic mass is 9.94. The van der Waals surface area contributed by atoms with Gasteiger partial charge in [0.1, 0.15) is 17.7 Å². The van der Waals surface area contributed by atoms with Crippen LogP contribution in [0.1, 0.15) is 45.2 Å². The van der Waals surface area contributed by atoms with E-state index in [2.05, 4.69) is 40.6 Å². The second-order valence-electron chi connectivity index (χ2n) is 8.99. The maximum Gasteiger partial charge on any atom is 0.148 e. The molecule has 6 heteroatoms. The maximum atomic E-state index is 9.35. The highest BCUT2D eigenvalue weighted by molar-refractivity contribution is 5.83. The van der Waals surface area contributed by atoms with E-state index >= 15 is 0 Å². The summed E-state index contributed by atoms with van der Waals surface area (Å²) in [6.07, 6.45) is 2.30. The second kappa shape index (κ2) is 9.82. The predicted octanol–water partition coefficient (Wildman–Crippen LogP) is 6.28. The molecular weight excluding hydrogens is 446 g/mol. The van der Waals surface area contributed by atoms with Crippen LogP contribution in [-0.2, 0) is 6.42 Å². The number of hydrogen-bond donors (Lipinski definition) is 2. The van der Waals surface area contributed by atoms with Crippen molar-refractivity contribution in [3.8, 4) is 17.9 Å². The van der Waals surface area contributed by atoms with Gasteiger partial charge in [-0.05, 0) is 79.4 Å². The Morgan fingerprint density at radius 3 is 2.28 bits per heavy atom. The average Bonchev–Trinajstić information content (AvgIpc) is 3.30. The molecule has 1 aliphatic rings. The number of aromatic nitrogens is 1. The monoisotopic (exact) mass is 471 g/mol. The Hall–Kier alpha value is -4.81. The Morgan fingerprint density at radius 2 is 1.61 bits per heavy atom. The highest BCUT2D eigenvalue weighted by atomic mass is 16.5. The molecular formula is C30H25N5O. The van der Waals surface area contributed by atoms with Crippen molar-refractivity contribution in [2.45, 2.75) is 32.4 Å². The molecule has 0 bridgehead atoms. The van der Waals surface area contributed by atoms with Gasteiger partial charge in [-0.3, -0.25) is 4.99 Å². The van der Waals surface area contributed by atoms with Crippen LogP contribution >= 0.6 is 0 Å². The maximum absolute atomic E-state index is 9.35. The zero-order valence-electron chi connectivity index (χ0n) is 20.1. The van der Waals surface area contributed by atoms with E-state index in [1.165, 1.54) is 5.56 Å². The molecule has 0 fully saturated rings. The fourth-order valence-corrected chi connectivity index (χ4v) is 4.62. The largest absolute Gasteiger partial charge is 0.483 e. The number of fused-ring (bicyclic) bond motifs is 1. The van der Waals surface area contributed by atoms with E-state index in [0.717, 1.165) is 46.1 Å². The number of aryl methyl sites for hydroxylation is 2.